The van der Waals surface area contributed by atoms with Crippen molar-refractivity contribution in [3.8, 4) is 5.75 Å². The van der Waals surface area contributed by atoms with Crippen LogP contribution in [0.4, 0.5) is 0 Å². The lowest BCUT2D eigenvalue weighted by molar-refractivity contribution is -0.693. The Kier molecular flexibility index (Phi) is 6.83. The second-order valence-corrected chi connectivity index (χ2v) is 9.82. The van der Waals surface area contributed by atoms with Crippen molar-refractivity contribution in [1.29, 1.82) is 0 Å². The Morgan fingerprint density at radius 2 is 1.62 bits per heavy atom. The normalized spacial score (nSPS) is 11.8. The lowest BCUT2D eigenvalue weighted by atomic mass is 10.1. The van der Waals surface area contributed by atoms with Crippen molar-refractivity contribution in [3.05, 3.63) is 72.1 Å². The molecule has 0 saturated carbocycles. The minimum absolute atomic E-state index is 0.652. The van der Waals surface area contributed by atoms with Crippen molar-refractivity contribution in [2.45, 2.75) is 60.5 Å². The van der Waals surface area contributed by atoms with Gasteiger partial charge in [0.2, 0.25) is 5.69 Å². The van der Waals surface area contributed by atoms with Gasteiger partial charge in [0.1, 0.15) is 11.3 Å². The second-order valence-electron chi connectivity index (χ2n) is 9.82. The molecule has 0 aliphatic heterocycles. The van der Waals surface area contributed by atoms with Gasteiger partial charge in [-0.15, -0.1) is 0 Å². The van der Waals surface area contributed by atoms with Gasteiger partial charge in [-0.25, -0.2) is 0 Å². The molecule has 0 saturated heterocycles. The fourth-order valence-electron chi connectivity index (χ4n) is 4.40. The number of ether oxygens (including phenoxy) is 1. The van der Waals surface area contributed by atoms with Crippen LogP contribution in [-0.4, -0.2) is 11.2 Å². The van der Waals surface area contributed by atoms with Gasteiger partial charge in [-0.3, -0.25) is 0 Å². The Morgan fingerprint density at radius 1 is 0.875 bits per heavy atom. The van der Waals surface area contributed by atoms with Crippen molar-refractivity contribution in [2.24, 2.45) is 11.8 Å². The summed E-state index contributed by atoms with van der Waals surface area (Å²) in [4.78, 5) is 0. The zero-order valence-corrected chi connectivity index (χ0v) is 20.3. The Hall–Kier alpha value is -2.81. The molecule has 0 atom stereocenters. The highest BCUT2D eigenvalue weighted by atomic mass is 16.5. The highest BCUT2D eigenvalue weighted by molar-refractivity contribution is 6.08. The van der Waals surface area contributed by atoms with Gasteiger partial charge in [-0.2, -0.15) is 4.57 Å². The Morgan fingerprint density at radius 3 is 2.34 bits per heavy atom. The minimum Gasteiger partial charge on any atom is -0.494 e. The molecule has 2 aromatic carbocycles. The van der Waals surface area contributed by atoms with Crippen molar-refractivity contribution in [1.82, 2.24) is 4.57 Å². The van der Waals surface area contributed by atoms with Crippen LogP contribution in [0.2, 0.25) is 0 Å². The van der Waals surface area contributed by atoms with E-state index in [9.17, 15) is 0 Å². The van der Waals surface area contributed by atoms with Crippen LogP contribution in [0, 0.1) is 18.8 Å². The monoisotopic (exact) mass is 429 g/mol. The van der Waals surface area contributed by atoms with E-state index in [-0.39, 0.29) is 0 Å². The van der Waals surface area contributed by atoms with Crippen LogP contribution >= 0.6 is 0 Å². The molecular weight excluding hydrogens is 392 g/mol. The third-order valence-corrected chi connectivity index (χ3v) is 6.36. The van der Waals surface area contributed by atoms with E-state index in [0.717, 1.165) is 38.3 Å². The SMILES string of the molecule is Cc1c2c(cc[n+]1Cc1ccccc1)c1ccc(OCCC(C)C)cc1n2CCC(C)C. The van der Waals surface area contributed by atoms with Crippen molar-refractivity contribution in [2.75, 3.05) is 6.61 Å². The standard InChI is InChI=1S/C29H37N2O/c1-21(2)13-17-31-28-19-25(32-18-15-22(3)4)11-12-26(28)27-14-16-30(23(5)29(27)31)20-24-9-7-6-8-10-24/h6-12,14,16,19,21-22H,13,15,17-18,20H2,1-5H3/q+1. The second kappa shape index (κ2) is 9.77. The number of fused-ring (bicyclic) bond motifs is 3. The van der Waals surface area contributed by atoms with Crippen molar-refractivity contribution >= 4 is 21.8 Å². The van der Waals surface area contributed by atoms with E-state index in [1.165, 1.54) is 33.1 Å². The van der Waals surface area contributed by atoms with Crippen LogP contribution in [0.1, 0.15) is 51.8 Å². The molecule has 4 aromatic rings. The summed E-state index contributed by atoms with van der Waals surface area (Å²) in [5, 5.41) is 2.65. The van der Waals surface area contributed by atoms with E-state index in [1.807, 2.05) is 0 Å². The lowest BCUT2D eigenvalue weighted by Crippen LogP contribution is -2.37. The van der Waals surface area contributed by atoms with E-state index >= 15 is 0 Å². The molecule has 2 heterocycles. The van der Waals surface area contributed by atoms with Crippen molar-refractivity contribution in [3.63, 3.8) is 0 Å². The van der Waals surface area contributed by atoms with Gasteiger partial charge in [-0.1, -0.05) is 58.0 Å². The molecule has 0 aliphatic carbocycles. The first kappa shape index (κ1) is 22.4. The van der Waals surface area contributed by atoms with Crippen LogP contribution in [0.15, 0.2) is 60.8 Å². The average Bonchev–Trinajstić information content (AvgIpc) is 3.08. The molecule has 2 aromatic heterocycles. The molecule has 4 rings (SSSR count). The fourth-order valence-corrected chi connectivity index (χ4v) is 4.40. The molecule has 168 valence electrons. The Bertz CT molecular complexity index is 1190. The minimum atomic E-state index is 0.652. The largest absolute Gasteiger partial charge is 0.494 e. The maximum Gasteiger partial charge on any atom is 0.203 e. The van der Waals surface area contributed by atoms with Crippen LogP contribution in [-0.2, 0) is 13.1 Å². The summed E-state index contributed by atoms with van der Waals surface area (Å²) in [7, 11) is 0. The predicted octanol–water partition coefficient (Wildman–Crippen LogP) is 6.91. The molecule has 32 heavy (non-hydrogen) atoms. The van der Waals surface area contributed by atoms with Crippen LogP contribution in [0.25, 0.3) is 21.8 Å². The fraction of sp³-hybridized carbons (Fsp3) is 0.414. The van der Waals surface area contributed by atoms with Gasteiger partial charge < -0.3 is 9.30 Å². The highest BCUT2D eigenvalue weighted by Crippen LogP contribution is 2.33. The number of nitrogens with zero attached hydrogens (tertiary/aromatic N) is 2. The molecule has 0 unspecified atom stereocenters. The Labute approximate surface area is 192 Å². The molecule has 3 nitrogen and oxygen atoms in total. The zero-order valence-electron chi connectivity index (χ0n) is 20.3. The van der Waals surface area contributed by atoms with E-state index in [2.05, 4.69) is 105 Å². The zero-order chi connectivity index (χ0) is 22.7. The highest BCUT2D eigenvalue weighted by Gasteiger charge is 2.20. The van der Waals surface area contributed by atoms with Crippen LogP contribution in [0.5, 0.6) is 5.75 Å². The van der Waals surface area contributed by atoms with Gasteiger partial charge in [-0.05, 0) is 36.8 Å². The average molecular weight is 430 g/mol. The molecule has 0 spiro atoms. The number of aryl methyl sites for hydroxylation is 2. The summed E-state index contributed by atoms with van der Waals surface area (Å²) in [6.45, 7) is 14.0. The molecule has 0 bridgehead atoms. The number of rotatable bonds is 9. The first-order chi connectivity index (χ1) is 15.4. The van der Waals surface area contributed by atoms with Crippen molar-refractivity contribution < 1.29 is 9.30 Å². The third-order valence-electron chi connectivity index (χ3n) is 6.36. The molecule has 0 N–H and O–H groups in total. The molecule has 0 aliphatic rings. The summed E-state index contributed by atoms with van der Waals surface area (Å²) in [5.41, 5.74) is 5.26. The van der Waals surface area contributed by atoms with Gasteiger partial charge in [0.15, 0.2) is 12.7 Å². The summed E-state index contributed by atoms with van der Waals surface area (Å²) in [6, 6.07) is 19.6. The molecule has 3 heteroatoms. The number of hydrogen-bond acceptors (Lipinski definition) is 1. The molecular formula is C29H37N2O+. The number of pyridine rings is 1. The number of benzene rings is 2. The van der Waals surface area contributed by atoms with Gasteiger partial charge in [0, 0.05) is 41.9 Å². The summed E-state index contributed by atoms with van der Waals surface area (Å²) in [5.74, 6) is 2.29. The maximum absolute atomic E-state index is 6.12. The van der Waals surface area contributed by atoms with Gasteiger partial charge in [0.05, 0.1) is 12.1 Å². The number of hydrogen-bond donors (Lipinski definition) is 0. The van der Waals surface area contributed by atoms with E-state index in [1.54, 1.807) is 0 Å². The summed E-state index contributed by atoms with van der Waals surface area (Å²) in [6.07, 6.45) is 4.47. The van der Waals surface area contributed by atoms with E-state index < -0.39 is 0 Å². The Balaban J connectivity index is 1.80. The quantitative estimate of drug-likeness (QED) is 0.264. The van der Waals surface area contributed by atoms with E-state index in [4.69, 9.17) is 4.74 Å². The third kappa shape index (κ3) is 4.82. The molecule has 0 radical (unpaired) electrons. The maximum atomic E-state index is 6.12. The van der Waals surface area contributed by atoms with E-state index in [0.29, 0.717) is 11.8 Å². The topological polar surface area (TPSA) is 18.0 Å². The van der Waals surface area contributed by atoms with Gasteiger partial charge >= 0.3 is 0 Å². The first-order valence-electron chi connectivity index (χ1n) is 12.1. The summed E-state index contributed by atoms with van der Waals surface area (Å²) < 4.78 is 11.0. The molecule has 0 amide bonds. The summed E-state index contributed by atoms with van der Waals surface area (Å²) >= 11 is 0. The predicted molar refractivity (Wildman–Crippen MR) is 134 cm³/mol. The number of aromatic nitrogens is 2. The lowest BCUT2D eigenvalue weighted by Gasteiger charge is -2.12. The van der Waals surface area contributed by atoms with Gasteiger partial charge in [0.25, 0.3) is 0 Å². The first-order valence-corrected chi connectivity index (χ1v) is 12.1. The van der Waals surface area contributed by atoms with Crippen LogP contribution in [0.3, 0.4) is 0 Å². The molecule has 0 fully saturated rings. The van der Waals surface area contributed by atoms with Crippen LogP contribution < -0.4 is 9.30 Å². The smallest absolute Gasteiger partial charge is 0.203 e.